The first-order chi connectivity index (χ1) is 12.4. The highest BCUT2D eigenvalue weighted by atomic mass is 32.2. The summed E-state index contributed by atoms with van der Waals surface area (Å²) in [6.45, 7) is 0.144. The van der Waals surface area contributed by atoms with E-state index in [1.807, 2.05) is 6.07 Å². The number of rotatable bonds is 4. The Morgan fingerprint density at radius 3 is 2.77 bits per heavy atom. The molecule has 0 amide bonds. The fraction of sp³-hybridized carbons (Fsp3) is 0.312. The fourth-order valence-electron chi connectivity index (χ4n) is 2.69. The van der Waals surface area contributed by atoms with Gasteiger partial charge in [0.1, 0.15) is 28.7 Å². The van der Waals surface area contributed by atoms with Gasteiger partial charge in [-0.1, -0.05) is 0 Å². The zero-order chi connectivity index (χ0) is 18.7. The number of nitrogens with zero attached hydrogens (tertiary/aromatic N) is 4. The average molecular weight is 380 g/mol. The molecule has 0 spiro atoms. The van der Waals surface area contributed by atoms with Gasteiger partial charge in [0.15, 0.2) is 0 Å². The summed E-state index contributed by atoms with van der Waals surface area (Å²) in [5, 5.41) is 9.02. The molecular weight excluding hydrogens is 366 g/mol. The van der Waals surface area contributed by atoms with Crippen LogP contribution in [-0.2, 0) is 10.0 Å². The molecule has 1 aliphatic heterocycles. The number of benzene rings is 1. The van der Waals surface area contributed by atoms with Crippen molar-refractivity contribution in [1.82, 2.24) is 14.3 Å². The summed E-state index contributed by atoms with van der Waals surface area (Å²) in [5.41, 5.74) is -0.00272. The van der Waals surface area contributed by atoms with Crippen molar-refractivity contribution >= 4 is 10.0 Å². The third kappa shape index (κ3) is 3.63. The van der Waals surface area contributed by atoms with Crippen LogP contribution in [0.15, 0.2) is 35.5 Å². The van der Waals surface area contributed by atoms with Gasteiger partial charge in [-0.2, -0.15) is 9.57 Å². The summed E-state index contributed by atoms with van der Waals surface area (Å²) in [5.74, 6) is -1.98. The predicted octanol–water partition coefficient (Wildman–Crippen LogP) is 1.86. The molecule has 0 N–H and O–H groups in total. The van der Waals surface area contributed by atoms with Gasteiger partial charge in [-0.25, -0.2) is 27.2 Å². The van der Waals surface area contributed by atoms with E-state index in [0.717, 1.165) is 16.4 Å². The van der Waals surface area contributed by atoms with Crippen molar-refractivity contribution in [3.63, 3.8) is 0 Å². The first kappa shape index (κ1) is 18.2. The lowest BCUT2D eigenvalue weighted by atomic mass is 10.1. The SMILES string of the molecule is N#Cc1nccnc1OC1CCCN(S(=O)(=O)c2ccc(F)cc2F)C1. The topological polar surface area (TPSA) is 96.2 Å². The number of nitriles is 1. The van der Waals surface area contributed by atoms with Gasteiger partial charge in [-0.15, -0.1) is 0 Å². The van der Waals surface area contributed by atoms with E-state index in [2.05, 4.69) is 9.97 Å². The molecule has 1 aromatic heterocycles. The Kier molecular flexibility index (Phi) is 5.11. The first-order valence-corrected chi connectivity index (χ1v) is 9.19. The average Bonchev–Trinajstić information content (AvgIpc) is 2.62. The van der Waals surface area contributed by atoms with Gasteiger partial charge in [0.25, 0.3) is 5.88 Å². The quantitative estimate of drug-likeness (QED) is 0.803. The number of hydrogen-bond donors (Lipinski definition) is 0. The summed E-state index contributed by atoms with van der Waals surface area (Å²) in [6.07, 6.45) is 3.17. The molecule has 1 aromatic carbocycles. The van der Waals surface area contributed by atoms with Crippen molar-refractivity contribution in [3.05, 3.63) is 47.9 Å². The van der Waals surface area contributed by atoms with E-state index < -0.39 is 32.7 Å². The Hall–Kier alpha value is -2.64. The van der Waals surface area contributed by atoms with Gasteiger partial charge in [0.05, 0.1) is 6.54 Å². The number of sulfonamides is 1. The van der Waals surface area contributed by atoms with E-state index in [1.165, 1.54) is 12.4 Å². The zero-order valence-corrected chi connectivity index (χ0v) is 14.3. The van der Waals surface area contributed by atoms with Gasteiger partial charge in [0, 0.05) is 25.0 Å². The fourth-order valence-corrected chi connectivity index (χ4v) is 4.24. The smallest absolute Gasteiger partial charge is 0.251 e. The van der Waals surface area contributed by atoms with Crippen LogP contribution in [0, 0.1) is 23.0 Å². The molecule has 1 atom stereocenters. The Morgan fingerprint density at radius 1 is 1.27 bits per heavy atom. The zero-order valence-electron chi connectivity index (χ0n) is 13.5. The minimum absolute atomic E-state index is 0.00272. The highest BCUT2D eigenvalue weighted by molar-refractivity contribution is 7.89. The second-order valence-corrected chi connectivity index (χ2v) is 7.55. The summed E-state index contributed by atoms with van der Waals surface area (Å²) < 4.78 is 59.0. The van der Waals surface area contributed by atoms with E-state index in [9.17, 15) is 17.2 Å². The molecule has 26 heavy (non-hydrogen) atoms. The molecule has 2 aromatic rings. The second-order valence-electron chi connectivity index (χ2n) is 5.64. The van der Waals surface area contributed by atoms with Gasteiger partial charge >= 0.3 is 0 Å². The Morgan fingerprint density at radius 2 is 2.04 bits per heavy atom. The molecule has 1 fully saturated rings. The first-order valence-electron chi connectivity index (χ1n) is 7.75. The molecule has 1 saturated heterocycles. The largest absolute Gasteiger partial charge is 0.471 e. The molecule has 0 aliphatic carbocycles. The van der Waals surface area contributed by atoms with Crippen molar-refractivity contribution in [1.29, 1.82) is 5.26 Å². The molecular formula is C16H14F2N4O3S. The van der Waals surface area contributed by atoms with Crippen LogP contribution in [0.3, 0.4) is 0 Å². The molecule has 1 unspecified atom stereocenters. The molecule has 136 valence electrons. The van der Waals surface area contributed by atoms with Crippen molar-refractivity contribution in [3.8, 4) is 11.9 Å². The molecule has 0 radical (unpaired) electrons. The standard InChI is InChI=1S/C16H14F2N4O3S/c17-11-3-4-15(13(18)8-11)26(23,24)22-7-1-2-12(10-22)25-16-14(9-19)20-5-6-21-16/h3-6,8,12H,1-2,7,10H2. The van der Waals surface area contributed by atoms with Crippen LogP contribution in [0.5, 0.6) is 5.88 Å². The summed E-state index contributed by atoms with van der Waals surface area (Å²) in [4.78, 5) is 7.18. The molecule has 3 rings (SSSR count). The molecule has 1 aliphatic rings. The highest BCUT2D eigenvalue weighted by Gasteiger charge is 2.33. The number of ether oxygens (including phenoxy) is 1. The number of piperidine rings is 1. The predicted molar refractivity (Wildman–Crippen MR) is 85.5 cm³/mol. The molecule has 7 nitrogen and oxygen atoms in total. The van der Waals surface area contributed by atoms with Crippen LogP contribution < -0.4 is 4.74 Å². The van der Waals surface area contributed by atoms with Crippen LogP contribution in [-0.4, -0.2) is 41.9 Å². The summed E-state index contributed by atoms with van der Waals surface area (Å²) in [7, 11) is -4.14. The van der Waals surface area contributed by atoms with E-state index >= 15 is 0 Å². The second kappa shape index (κ2) is 7.31. The van der Waals surface area contributed by atoms with E-state index in [0.29, 0.717) is 18.9 Å². The minimum atomic E-state index is -4.14. The van der Waals surface area contributed by atoms with Gasteiger partial charge in [0.2, 0.25) is 15.7 Å². The van der Waals surface area contributed by atoms with Gasteiger partial charge in [-0.3, -0.25) is 0 Å². The maximum atomic E-state index is 13.9. The van der Waals surface area contributed by atoms with Crippen LogP contribution >= 0.6 is 0 Å². The van der Waals surface area contributed by atoms with Crippen LogP contribution in [0.2, 0.25) is 0 Å². The maximum Gasteiger partial charge on any atom is 0.251 e. The van der Waals surface area contributed by atoms with Crippen molar-refractivity contribution in [2.75, 3.05) is 13.1 Å². The maximum absolute atomic E-state index is 13.9. The van der Waals surface area contributed by atoms with E-state index in [4.69, 9.17) is 10.00 Å². The molecule has 2 heterocycles. The monoisotopic (exact) mass is 380 g/mol. The number of aromatic nitrogens is 2. The Balaban J connectivity index is 1.81. The van der Waals surface area contributed by atoms with Crippen molar-refractivity contribution in [2.45, 2.75) is 23.8 Å². The molecule has 0 bridgehead atoms. The molecule has 0 saturated carbocycles. The Labute approximate surface area is 148 Å². The minimum Gasteiger partial charge on any atom is -0.471 e. The lowest BCUT2D eigenvalue weighted by Crippen LogP contribution is -2.44. The van der Waals surface area contributed by atoms with Crippen LogP contribution in [0.25, 0.3) is 0 Å². The van der Waals surface area contributed by atoms with Crippen LogP contribution in [0.4, 0.5) is 8.78 Å². The van der Waals surface area contributed by atoms with Crippen LogP contribution in [0.1, 0.15) is 18.5 Å². The van der Waals surface area contributed by atoms with Crippen molar-refractivity contribution in [2.24, 2.45) is 0 Å². The lowest BCUT2D eigenvalue weighted by molar-refractivity contribution is 0.123. The van der Waals surface area contributed by atoms with E-state index in [-0.39, 0.29) is 24.7 Å². The summed E-state index contributed by atoms with van der Waals surface area (Å²) in [6, 6.07) is 4.18. The molecule has 10 heteroatoms. The highest BCUT2D eigenvalue weighted by Crippen LogP contribution is 2.25. The van der Waals surface area contributed by atoms with Crippen molar-refractivity contribution < 1.29 is 21.9 Å². The third-order valence-electron chi connectivity index (χ3n) is 3.90. The number of hydrogen-bond acceptors (Lipinski definition) is 6. The summed E-state index contributed by atoms with van der Waals surface area (Å²) >= 11 is 0. The lowest BCUT2D eigenvalue weighted by Gasteiger charge is -2.31. The van der Waals surface area contributed by atoms with Gasteiger partial charge < -0.3 is 4.74 Å². The number of halogens is 2. The van der Waals surface area contributed by atoms with Gasteiger partial charge in [-0.05, 0) is 25.0 Å². The van der Waals surface area contributed by atoms with E-state index in [1.54, 1.807) is 0 Å². The Bertz CT molecular complexity index is 962. The normalized spacial score (nSPS) is 18.3. The third-order valence-corrected chi connectivity index (χ3v) is 5.80.